The molecule has 30 heavy (non-hydrogen) atoms. The van der Waals surface area contributed by atoms with E-state index in [9.17, 15) is 24.5 Å². The van der Waals surface area contributed by atoms with Crippen LogP contribution >= 0.6 is 11.6 Å². The largest absolute Gasteiger partial charge is 0.323 e. The van der Waals surface area contributed by atoms with E-state index in [0.717, 1.165) is 11.6 Å². The number of nitrogens with one attached hydrogen (secondary N) is 2. The van der Waals surface area contributed by atoms with Crippen molar-refractivity contribution in [1.82, 2.24) is 9.97 Å². The second-order valence-electron chi connectivity index (χ2n) is 6.54. The van der Waals surface area contributed by atoms with E-state index in [1.807, 2.05) is 0 Å². The predicted octanol–water partition coefficient (Wildman–Crippen LogP) is 3.66. The molecule has 0 saturated heterocycles. The van der Waals surface area contributed by atoms with E-state index < -0.39 is 22.5 Å². The SMILES string of the molecule is CC(=O)C(N=Nc1ccc(Cl)cc1[N+](=O)[O-])C(=O)CCc1ccc2[nH]c(=O)[nH]c2c1. The predicted molar refractivity (Wildman–Crippen MR) is 109 cm³/mol. The molecule has 0 aliphatic rings. The number of benzene rings is 2. The molecule has 1 heterocycles. The fourth-order valence-electron chi connectivity index (χ4n) is 2.86. The molecule has 1 aromatic heterocycles. The Balaban J connectivity index is 1.74. The molecule has 0 amide bonds. The maximum Gasteiger partial charge on any atom is 0.323 e. The number of ketones is 2. The van der Waals surface area contributed by atoms with Crippen molar-refractivity contribution in [3.8, 4) is 0 Å². The summed E-state index contributed by atoms with van der Waals surface area (Å²) in [5.41, 5.74) is 1.24. The number of halogens is 1. The normalized spacial score (nSPS) is 12.3. The first-order chi connectivity index (χ1) is 14.2. The van der Waals surface area contributed by atoms with Gasteiger partial charge in [-0.15, -0.1) is 5.11 Å². The van der Waals surface area contributed by atoms with Crippen LogP contribution in [-0.4, -0.2) is 32.5 Å². The summed E-state index contributed by atoms with van der Waals surface area (Å²) >= 11 is 5.76. The number of nitrogens with zero attached hydrogens (tertiary/aromatic N) is 3. The van der Waals surface area contributed by atoms with Gasteiger partial charge in [0.1, 0.15) is 0 Å². The number of H-pyrrole nitrogens is 2. The minimum Gasteiger partial charge on any atom is -0.306 e. The van der Waals surface area contributed by atoms with Crippen molar-refractivity contribution in [3.63, 3.8) is 0 Å². The Morgan fingerprint density at radius 3 is 2.60 bits per heavy atom. The quantitative estimate of drug-likeness (QED) is 0.242. The standard InChI is InChI=1S/C19H16ClN5O5/c1-10(26)18(24-23-14-6-4-12(20)9-16(14)25(29)30)17(27)7-3-11-2-5-13-15(8-11)22-19(28)21-13/h2,4-6,8-9,18H,3,7H2,1H3,(H2,21,22,28). The van der Waals surface area contributed by atoms with Crippen LogP contribution in [0.4, 0.5) is 11.4 Å². The van der Waals surface area contributed by atoms with Gasteiger partial charge in [0.05, 0.1) is 16.0 Å². The number of hydrogen-bond donors (Lipinski definition) is 2. The van der Waals surface area contributed by atoms with Crippen molar-refractivity contribution in [2.24, 2.45) is 10.2 Å². The number of nitro benzene ring substituents is 1. The van der Waals surface area contributed by atoms with Crippen LogP contribution in [-0.2, 0) is 16.0 Å². The highest BCUT2D eigenvalue weighted by Gasteiger charge is 2.23. The molecule has 154 valence electrons. The Hall–Kier alpha value is -3.66. The number of aryl methyl sites for hydroxylation is 1. The highest BCUT2D eigenvalue weighted by molar-refractivity contribution is 6.30. The van der Waals surface area contributed by atoms with Gasteiger partial charge < -0.3 is 9.97 Å². The Bertz CT molecular complexity index is 1230. The molecule has 0 spiro atoms. The fraction of sp³-hybridized carbons (Fsp3) is 0.211. The second kappa shape index (κ2) is 8.78. The van der Waals surface area contributed by atoms with E-state index >= 15 is 0 Å². The molecule has 3 rings (SSSR count). The van der Waals surface area contributed by atoms with Crippen molar-refractivity contribution in [1.29, 1.82) is 0 Å². The summed E-state index contributed by atoms with van der Waals surface area (Å²) in [5, 5.41) is 18.8. The van der Waals surface area contributed by atoms with Crippen LogP contribution in [0.25, 0.3) is 11.0 Å². The van der Waals surface area contributed by atoms with Gasteiger partial charge in [-0.1, -0.05) is 17.7 Å². The molecule has 1 unspecified atom stereocenters. The molecule has 0 bridgehead atoms. The zero-order valence-electron chi connectivity index (χ0n) is 15.7. The van der Waals surface area contributed by atoms with Gasteiger partial charge in [0.2, 0.25) is 0 Å². The summed E-state index contributed by atoms with van der Waals surface area (Å²) in [6, 6.07) is 7.66. The molecular formula is C19H16ClN5O5. The van der Waals surface area contributed by atoms with Crippen molar-refractivity contribution in [2.75, 3.05) is 0 Å². The molecule has 3 aromatic rings. The Morgan fingerprint density at radius 2 is 1.90 bits per heavy atom. The second-order valence-corrected chi connectivity index (χ2v) is 6.98. The summed E-state index contributed by atoms with van der Waals surface area (Å²) in [7, 11) is 0. The maximum absolute atomic E-state index is 12.5. The number of aromatic nitrogens is 2. The zero-order valence-corrected chi connectivity index (χ0v) is 16.5. The van der Waals surface area contributed by atoms with Crippen LogP contribution in [0.1, 0.15) is 18.9 Å². The number of rotatable bonds is 8. The van der Waals surface area contributed by atoms with E-state index in [1.165, 1.54) is 19.1 Å². The van der Waals surface area contributed by atoms with Crippen LogP contribution < -0.4 is 5.69 Å². The van der Waals surface area contributed by atoms with Crippen molar-refractivity contribution in [3.05, 3.63) is 67.6 Å². The molecule has 2 N–H and O–H groups in total. The third-order valence-electron chi connectivity index (χ3n) is 4.35. The summed E-state index contributed by atoms with van der Waals surface area (Å²) < 4.78 is 0. The maximum atomic E-state index is 12.5. The monoisotopic (exact) mass is 429 g/mol. The van der Waals surface area contributed by atoms with Crippen LogP contribution in [0, 0.1) is 10.1 Å². The van der Waals surface area contributed by atoms with Crippen molar-refractivity contribution in [2.45, 2.75) is 25.8 Å². The highest BCUT2D eigenvalue weighted by atomic mass is 35.5. The number of carbonyl (C=O) groups is 2. The molecule has 2 aromatic carbocycles. The van der Waals surface area contributed by atoms with Crippen molar-refractivity contribution < 1.29 is 14.5 Å². The van der Waals surface area contributed by atoms with Crippen LogP contribution in [0.2, 0.25) is 5.02 Å². The first kappa shape index (κ1) is 21.1. The van der Waals surface area contributed by atoms with Gasteiger partial charge in [0.25, 0.3) is 5.69 Å². The summed E-state index contributed by atoms with van der Waals surface area (Å²) in [4.78, 5) is 51.5. The lowest BCUT2D eigenvalue weighted by atomic mass is 10.0. The van der Waals surface area contributed by atoms with E-state index in [2.05, 4.69) is 20.2 Å². The smallest absolute Gasteiger partial charge is 0.306 e. The molecule has 0 aliphatic carbocycles. The molecular weight excluding hydrogens is 414 g/mol. The number of aromatic amines is 2. The zero-order chi connectivity index (χ0) is 21.8. The van der Waals surface area contributed by atoms with E-state index in [0.29, 0.717) is 17.5 Å². The molecule has 0 radical (unpaired) electrons. The number of carbonyl (C=O) groups excluding carboxylic acids is 2. The highest BCUT2D eigenvalue weighted by Crippen LogP contribution is 2.30. The van der Waals surface area contributed by atoms with Gasteiger partial charge in [-0.25, -0.2) is 4.79 Å². The van der Waals surface area contributed by atoms with Crippen LogP contribution in [0.15, 0.2) is 51.4 Å². The van der Waals surface area contributed by atoms with Gasteiger partial charge >= 0.3 is 5.69 Å². The molecule has 11 heteroatoms. The van der Waals surface area contributed by atoms with Gasteiger partial charge in [-0.3, -0.25) is 19.7 Å². The third-order valence-corrected chi connectivity index (χ3v) is 4.58. The Labute approximate surface area is 174 Å². The summed E-state index contributed by atoms with van der Waals surface area (Å²) in [6.45, 7) is 1.20. The third kappa shape index (κ3) is 4.84. The molecule has 1 atom stereocenters. The summed E-state index contributed by atoms with van der Waals surface area (Å²) in [6.07, 6.45) is 0.328. The van der Waals surface area contributed by atoms with Crippen molar-refractivity contribution >= 4 is 45.6 Å². The summed E-state index contributed by atoms with van der Waals surface area (Å²) in [5.74, 6) is -0.990. The lowest BCUT2D eigenvalue weighted by molar-refractivity contribution is -0.384. The number of imidazole rings is 1. The fourth-order valence-corrected chi connectivity index (χ4v) is 3.03. The van der Waals surface area contributed by atoms with Gasteiger partial charge in [0.15, 0.2) is 23.3 Å². The number of Topliss-reactive ketones (excluding diaryl/α,β-unsaturated/α-hetero) is 2. The van der Waals surface area contributed by atoms with E-state index in [1.54, 1.807) is 18.2 Å². The van der Waals surface area contributed by atoms with E-state index in [4.69, 9.17) is 11.6 Å². The first-order valence-electron chi connectivity index (χ1n) is 8.83. The molecule has 10 nitrogen and oxygen atoms in total. The average molecular weight is 430 g/mol. The molecule has 0 aliphatic heterocycles. The number of azo groups is 1. The van der Waals surface area contributed by atoms with Gasteiger partial charge in [-0.2, -0.15) is 5.11 Å². The van der Waals surface area contributed by atoms with Crippen LogP contribution in [0.3, 0.4) is 0 Å². The molecule has 0 fully saturated rings. The lowest BCUT2D eigenvalue weighted by Crippen LogP contribution is -2.26. The van der Waals surface area contributed by atoms with E-state index in [-0.39, 0.29) is 28.5 Å². The van der Waals surface area contributed by atoms with Crippen LogP contribution in [0.5, 0.6) is 0 Å². The lowest BCUT2D eigenvalue weighted by Gasteiger charge is -2.07. The molecule has 0 saturated carbocycles. The van der Waals surface area contributed by atoms with Gasteiger partial charge in [-0.05, 0) is 43.2 Å². The van der Waals surface area contributed by atoms with Gasteiger partial charge in [0, 0.05) is 17.5 Å². The minimum absolute atomic E-state index is 0.00609. The Kier molecular flexibility index (Phi) is 6.17. The first-order valence-corrected chi connectivity index (χ1v) is 9.21. The minimum atomic E-state index is -1.36. The number of fused-ring (bicyclic) bond motifs is 1. The number of hydrogen-bond acceptors (Lipinski definition) is 7. The number of nitro groups is 1. The Morgan fingerprint density at radius 1 is 1.17 bits per heavy atom. The topological polar surface area (TPSA) is 151 Å². The average Bonchev–Trinajstić information content (AvgIpc) is 3.06.